The normalized spacial score (nSPS) is 13.6. The topological polar surface area (TPSA) is 26.3 Å². The highest BCUT2D eigenvalue weighted by atomic mass is 16.6. The zero-order chi connectivity index (χ0) is 13.9. The molecule has 0 saturated heterocycles. The first-order valence-corrected chi connectivity index (χ1v) is 6.63. The maximum Gasteiger partial charge on any atom is 0.312 e. The quantitative estimate of drug-likeness (QED) is 0.660. The van der Waals surface area contributed by atoms with Gasteiger partial charge >= 0.3 is 5.97 Å². The number of carbonyl (C=O) groups excluding carboxylic acids is 1. The average molecular weight is 242 g/mol. The molecule has 0 rings (SSSR count). The highest BCUT2D eigenvalue weighted by molar-refractivity contribution is 5.76. The summed E-state index contributed by atoms with van der Waals surface area (Å²) in [4.78, 5) is 12.1. The summed E-state index contributed by atoms with van der Waals surface area (Å²) in [6, 6.07) is 0. The van der Waals surface area contributed by atoms with E-state index in [0.29, 0.717) is 0 Å². The van der Waals surface area contributed by atoms with Crippen molar-refractivity contribution < 1.29 is 9.53 Å². The second-order valence-electron chi connectivity index (χ2n) is 7.52. The largest absolute Gasteiger partial charge is 0.459 e. The van der Waals surface area contributed by atoms with Crippen LogP contribution in [0.5, 0.6) is 0 Å². The Labute approximate surface area is 107 Å². The lowest BCUT2D eigenvalue weighted by molar-refractivity contribution is -0.170. The maximum atomic E-state index is 12.1. The van der Waals surface area contributed by atoms with Crippen molar-refractivity contribution in [3.63, 3.8) is 0 Å². The molecule has 2 heteroatoms. The van der Waals surface area contributed by atoms with Gasteiger partial charge in [-0.25, -0.2) is 0 Å². The van der Waals surface area contributed by atoms with E-state index in [1.165, 1.54) is 0 Å². The van der Waals surface area contributed by atoms with Crippen LogP contribution >= 0.6 is 0 Å². The Morgan fingerprint density at radius 2 is 1.47 bits per heavy atom. The van der Waals surface area contributed by atoms with Gasteiger partial charge in [0.05, 0.1) is 5.41 Å². The zero-order valence-electron chi connectivity index (χ0n) is 12.9. The van der Waals surface area contributed by atoms with Crippen LogP contribution in [0.25, 0.3) is 0 Å². The van der Waals surface area contributed by atoms with Gasteiger partial charge in [-0.15, -0.1) is 0 Å². The van der Waals surface area contributed by atoms with Crippen LogP contribution in [-0.4, -0.2) is 11.6 Å². The van der Waals surface area contributed by atoms with Crippen LogP contribution < -0.4 is 0 Å². The number of hydrogen-bond donors (Lipinski definition) is 0. The van der Waals surface area contributed by atoms with Crippen molar-refractivity contribution in [2.75, 3.05) is 0 Å². The van der Waals surface area contributed by atoms with E-state index in [1.54, 1.807) is 0 Å². The van der Waals surface area contributed by atoms with Gasteiger partial charge < -0.3 is 4.74 Å². The fourth-order valence-electron chi connectivity index (χ4n) is 2.43. The van der Waals surface area contributed by atoms with Crippen molar-refractivity contribution in [1.82, 2.24) is 0 Å². The third-order valence-electron chi connectivity index (χ3n) is 2.75. The molecule has 0 aliphatic carbocycles. The van der Waals surface area contributed by atoms with E-state index >= 15 is 0 Å². The molecule has 0 bridgehead atoms. The molecule has 0 heterocycles. The molecular weight excluding hydrogens is 212 g/mol. The van der Waals surface area contributed by atoms with Crippen molar-refractivity contribution >= 4 is 5.97 Å². The number of esters is 1. The van der Waals surface area contributed by atoms with Gasteiger partial charge in [-0.2, -0.15) is 0 Å². The maximum absolute atomic E-state index is 12.1. The summed E-state index contributed by atoms with van der Waals surface area (Å²) >= 11 is 0. The standard InChI is InChI=1S/C15H30O2/c1-9-10-14(5,6)12(16)17-15(7,8)11-13(2,3)4/h9-11H2,1-8H3. The number of ether oxygens (including phenoxy) is 1. The fraction of sp³-hybridized carbons (Fsp3) is 0.933. The highest BCUT2D eigenvalue weighted by Crippen LogP contribution is 2.33. The first-order valence-electron chi connectivity index (χ1n) is 6.63. The molecule has 0 aromatic rings. The molecule has 0 amide bonds. The highest BCUT2D eigenvalue weighted by Gasteiger charge is 2.35. The molecule has 2 nitrogen and oxygen atoms in total. The Kier molecular flexibility index (Phi) is 5.24. The molecule has 0 aromatic heterocycles. The summed E-state index contributed by atoms with van der Waals surface area (Å²) in [6.45, 7) is 16.5. The van der Waals surface area contributed by atoms with Gasteiger partial charge in [0.15, 0.2) is 0 Å². The lowest BCUT2D eigenvalue weighted by Crippen LogP contribution is -2.38. The van der Waals surface area contributed by atoms with E-state index in [2.05, 4.69) is 27.7 Å². The van der Waals surface area contributed by atoms with Crippen LogP contribution in [0.3, 0.4) is 0 Å². The van der Waals surface area contributed by atoms with Gasteiger partial charge in [0.2, 0.25) is 0 Å². The van der Waals surface area contributed by atoms with Gasteiger partial charge in [-0.1, -0.05) is 34.1 Å². The molecule has 0 radical (unpaired) electrons. The first kappa shape index (κ1) is 16.5. The third kappa shape index (κ3) is 6.70. The summed E-state index contributed by atoms with van der Waals surface area (Å²) in [5, 5.41) is 0. The van der Waals surface area contributed by atoms with Crippen LogP contribution in [0.4, 0.5) is 0 Å². The molecule has 0 fully saturated rings. The van der Waals surface area contributed by atoms with Gasteiger partial charge in [0, 0.05) is 0 Å². The predicted molar refractivity (Wildman–Crippen MR) is 72.9 cm³/mol. The van der Waals surface area contributed by atoms with Crippen LogP contribution in [0.1, 0.15) is 74.7 Å². The second-order valence-corrected chi connectivity index (χ2v) is 7.52. The van der Waals surface area contributed by atoms with Crippen LogP contribution in [-0.2, 0) is 9.53 Å². The van der Waals surface area contributed by atoms with Crippen molar-refractivity contribution in [2.24, 2.45) is 10.8 Å². The first-order chi connectivity index (χ1) is 7.40. The van der Waals surface area contributed by atoms with Crippen molar-refractivity contribution in [1.29, 1.82) is 0 Å². The zero-order valence-corrected chi connectivity index (χ0v) is 12.9. The number of rotatable bonds is 5. The van der Waals surface area contributed by atoms with Crippen molar-refractivity contribution in [3.8, 4) is 0 Å². The summed E-state index contributed by atoms with van der Waals surface area (Å²) < 4.78 is 5.69. The average Bonchev–Trinajstić information content (AvgIpc) is 1.97. The Hall–Kier alpha value is -0.530. The smallest absolute Gasteiger partial charge is 0.312 e. The second kappa shape index (κ2) is 5.41. The molecule has 0 N–H and O–H groups in total. The summed E-state index contributed by atoms with van der Waals surface area (Å²) in [5.74, 6) is -0.0754. The van der Waals surface area contributed by atoms with Gasteiger partial charge in [-0.3, -0.25) is 4.79 Å². The lowest BCUT2D eigenvalue weighted by Gasteiger charge is -2.35. The molecular formula is C15H30O2. The van der Waals surface area contributed by atoms with Gasteiger partial charge in [0.25, 0.3) is 0 Å². The Morgan fingerprint density at radius 3 is 1.82 bits per heavy atom. The van der Waals surface area contributed by atoms with Crippen LogP contribution in [0.15, 0.2) is 0 Å². The summed E-state index contributed by atoms with van der Waals surface area (Å²) in [7, 11) is 0. The number of carbonyl (C=O) groups is 1. The van der Waals surface area contributed by atoms with E-state index < -0.39 is 0 Å². The minimum Gasteiger partial charge on any atom is -0.459 e. The molecule has 102 valence electrons. The van der Waals surface area contributed by atoms with Crippen LogP contribution in [0.2, 0.25) is 0 Å². The molecule has 0 aliphatic rings. The number of hydrogen-bond acceptors (Lipinski definition) is 2. The lowest BCUT2D eigenvalue weighted by atomic mass is 9.83. The van der Waals surface area contributed by atoms with Crippen LogP contribution in [0, 0.1) is 10.8 Å². The monoisotopic (exact) mass is 242 g/mol. The molecule has 17 heavy (non-hydrogen) atoms. The van der Waals surface area contributed by atoms with Gasteiger partial charge in [0.1, 0.15) is 5.60 Å². The van der Waals surface area contributed by atoms with E-state index in [-0.39, 0.29) is 22.4 Å². The molecule has 0 saturated carbocycles. The summed E-state index contributed by atoms with van der Waals surface area (Å²) in [5.41, 5.74) is -0.594. The van der Waals surface area contributed by atoms with Crippen molar-refractivity contribution in [2.45, 2.75) is 80.3 Å². The SMILES string of the molecule is CCCC(C)(C)C(=O)OC(C)(C)CC(C)(C)C. The van der Waals surface area contributed by atoms with E-state index in [0.717, 1.165) is 19.3 Å². The minimum absolute atomic E-state index is 0.0754. The summed E-state index contributed by atoms with van der Waals surface area (Å²) in [6.07, 6.45) is 2.74. The van der Waals surface area contributed by atoms with Gasteiger partial charge in [-0.05, 0) is 46.0 Å². The van der Waals surface area contributed by atoms with Crippen molar-refractivity contribution in [3.05, 3.63) is 0 Å². The predicted octanol–water partition coefficient (Wildman–Crippen LogP) is 4.57. The molecule has 0 atom stereocenters. The fourth-order valence-corrected chi connectivity index (χ4v) is 2.43. The molecule has 0 spiro atoms. The Balaban J connectivity index is 4.57. The molecule has 0 aromatic carbocycles. The Bertz CT molecular complexity index is 257. The third-order valence-corrected chi connectivity index (χ3v) is 2.75. The van der Waals surface area contributed by atoms with E-state index in [4.69, 9.17) is 4.74 Å². The van der Waals surface area contributed by atoms with E-state index in [9.17, 15) is 4.79 Å². The minimum atomic E-state index is -0.389. The molecule has 0 aliphatic heterocycles. The molecule has 0 unspecified atom stereocenters. The Morgan fingerprint density at radius 1 is 1.00 bits per heavy atom. The van der Waals surface area contributed by atoms with E-state index in [1.807, 2.05) is 27.7 Å².